The van der Waals surface area contributed by atoms with Gasteiger partial charge in [0.05, 0.1) is 12.6 Å². The normalized spacial score (nSPS) is 17.2. The van der Waals surface area contributed by atoms with Crippen molar-refractivity contribution in [1.29, 1.82) is 0 Å². The van der Waals surface area contributed by atoms with E-state index in [1.54, 1.807) is 7.11 Å². The van der Waals surface area contributed by atoms with E-state index in [1.165, 1.54) is 29.5 Å². The molecular weight excluding hydrogens is 384 g/mol. The third kappa shape index (κ3) is 3.93. The molecule has 3 aromatic rings. The highest BCUT2D eigenvalue weighted by Gasteiger charge is 2.30. The summed E-state index contributed by atoms with van der Waals surface area (Å²) in [6.45, 7) is 5.17. The van der Waals surface area contributed by atoms with Crippen LogP contribution in [0.1, 0.15) is 55.8 Å². The molecule has 1 aliphatic carbocycles. The Morgan fingerprint density at radius 3 is 2.48 bits per heavy atom. The first-order chi connectivity index (χ1) is 15.2. The van der Waals surface area contributed by atoms with Crippen LogP contribution in [0.15, 0.2) is 42.5 Å². The Balaban J connectivity index is 1.46. The maximum absolute atomic E-state index is 5.62. The van der Waals surface area contributed by atoms with Crippen molar-refractivity contribution in [1.82, 2.24) is 9.97 Å². The molecule has 1 aliphatic heterocycles. The number of para-hydroxylation sites is 1. The number of hydrogen-bond acceptors (Lipinski definition) is 5. The molecule has 162 valence electrons. The molecule has 0 unspecified atom stereocenters. The average Bonchev–Trinajstić information content (AvgIpc) is 3.68. The summed E-state index contributed by atoms with van der Waals surface area (Å²) in [7, 11) is 3.91. The Bertz CT molecular complexity index is 1070. The van der Waals surface area contributed by atoms with Crippen molar-refractivity contribution < 1.29 is 4.74 Å². The monoisotopic (exact) mass is 416 g/mol. The fourth-order valence-electron chi connectivity index (χ4n) is 4.71. The molecular formula is C26H32N4O. The standard InChI is InChI=1S/C26H32N4O/c1-4-29(2)20-11-12-23-22(17-20)26(28-25(27-23)19-9-10-19)30-15-13-18(14-16-30)21-7-5-6-8-24(21)31-3/h5-8,11-12,17-19H,4,9-10,13-16H2,1-3H3. The fourth-order valence-corrected chi connectivity index (χ4v) is 4.71. The molecule has 1 aromatic heterocycles. The van der Waals surface area contributed by atoms with Crippen molar-refractivity contribution in [3.05, 3.63) is 53.9 Å². The second-order valence-electron chi connectivity index (χ2n) is 8.90. The van der Waals surface area contributed by atoms with Gasteiger partial charge in [-0.3, -0.25) is 0 Å². The molecule has 1 saturated carbocycles. The molecule has 0 amide bonds. The fraction of sp³-hybridized carbons (Fsp3) is 0.462. The highest BCUT2D eigenvalue weighted by molar-refractivity contribution is 5.92. The van der Waals surface area contributed by atoms with E-state index in [1.807, 2.05) is 0 Å². The van der Waals surface area contributed by atoms with Crippen LogP contribution in [0.3, 0.4) is 0 Å². The Morgan fingerprint density at radius 2 is 1.77 bits per heavy atom. The van der Waals surface area contributed by atoms with Crippen molar-refractivity contribution in [3.63, 3.8) is 0 Å². The van der Waals surface area contributed by atoms with Gasteiger partial charge in [0.1, 0.15) is 17.4 Å². The zero-order chi connectivity index (χ0) is 21.4. The Morgan fingerprint density at radius 1 is 1.00 bits per heavy atom. The van der Waals surface area contributed by atoms with E-state index in [4.69, 9.17) is 14.7 Å². The van der Waals surface area contributed by atoms with Gasteiger partial charge in [-0.05, 0) is 68.4 Å². The highest BCUT2D eigenvalue weighted by Crippen LogP contribution is 2.41. The van der Waals surface area contributed by atoms with Crippen molar-refractivity contribution in [2.24, 2.45) is 0 Å². The first kappa shape index (κ1) is 20.1. The van der Waals surface area contributed by atoms with Crippen molar-refractivity contribution in [3.8, 4) is 5.75 Å². The molecule has 5 heteroatoms. The first-order valence-electron chi connectivity index (χ1n) is 11.6. The van der Waals surface area contributed by atoms with Gasteiger partial charge in [0, 0.05) is 43.7 Å². The zero-order valence-corrected chi connectivity index (χ0v) is 18.8. The minimum absolute atomic E-state index is 0.533. The van der Waals surface area contributed by atoms with Crippen LogP contribution in [0.25, 0.3) is 10.9 Å². The molecule has 0 radical (unpaired) electrons. The molecule has 0 spiro atoms. The molecule has 2 aromatic carbocycles. The SMILES string of the molecule is CCN(C)c1ccc2nc(C3CC3)nc(N3CCC(c4ccccc4OC)CC3)c2c1. The topological polar surface area (TPSA) is 41.5 Å². The minimum atomic E-state index is 0.533. The first-order valence-corrected chi connectivity index (χ1v) is 11.6. The summed E-state index contributed by atoms with van der Waals surface area (Å²) in [6.07, 6.45) is 4.66. The molecule has 0 N–H and O–H groups in total. The number of fused-ring (bicyclic) bond motifs is 1. The zero-order valence-electron chi connectivity index (χ0n) is 18.8. The van der Waals surface area contributed by atoms with Gasteiger partial charge in [-0.1, -0.05) is 18.2 Å². The number of hydrogen-bond donors (Lipinski definition) is 0. The van der Waals surface area contributed by atoms with E-state index in [0.29, 0.717) is 11.8 Å². The molecule has 0 bridgehead atoms. The highest BCUT2D eigenvalue weighted by atomic mass is 16.5. The van der Waals surface area contributed by atoms with E-state index in [-0.39, 0.29) is 0 Å². The van der Waals surface area contributed by atoms with Crippen molar-refractivity contribution in [2.45, 2.75) is 44.4 Å². The molecule has 0 atom stereocenters. The van der Waals surface area contributed by atoms with Crippen LogP contribution < -0.4 is 14.5 Å². The summed E-state index contributed by atoms with van der Waals surface area (Å²) >= 11 is 0. The number of methoxy groups -OCH3 is 1. The van der Waals surface area contributed by atoms with E-state index in [0.717, 1.165) is 55.4 Å². The molecule has 2 aliphatic rings. The number of piperidine rings is 1. The molecule has 5 rings (SSSR count). The smallest absolute Gasteiger partial charge is 0.140 e. The molecule has 31 heavy (non-hydrogen) atoms. The lowest BCUT2D eigenvalue weighted by Crippen LogP contribution is -2.34. The number of nitrogens with zero attached hydrogens (tertiary/aromatic N) is 4. The predicted octanol–water partition coefficient (Wildman–Crippen LogP) is 5.36. The van der Waals surface area contributed by atoms with Gasteiger partial charge in [0.2, 0.25) is 0 Å². The molecule has 2 fully saturated rings. The second-order valence-corrected chi connectivity index (χ2v) is 8.90. The predicted molar refractivity (Wildman–Crippen MR) is 128 cm³/mol. The second kappa shape index (κ2) is 8.37. The van der Waals surface area contributed by atoms with Gasteiger partial charge >= 0.3 is 0 Å². The lowest BCUT2D eigenvalue weighted by Gasteiger charge is -2.34. The van der Waals surface area contributed by atoms with E-state index >= 15 is 0 Å². The Hall–Kier alpha value is -2.82. The van der Waals surface area contributed by atoms with E-state index in [2.05, 4.69) is 66.2 Å². The van der Waals surface area contributed by atoms with Crippen LogP contribution in [-0.2, 0) is 0 Å². The van der Waals surface area contributed by atoms with Crippen LogP contribution in [0.5, 0.6) is 5.75 Å². The van der Waals surface area contributed by atoms with Crippen LogP contribution in [0.4, 0.5) is 11.5 Å². The summed E-state index contributed by atoms with van der Waals surface area (Å²) in [4.78, 5) is 14.8. The number of rotatable bonds is 6. The number of aromatic nitrogens is 2. The van der Waals surface area contributed by atoms with Gasteiger partial charge < -0.3 is 14.5 Å². The van der Waals surface area contributed by atoms with Gasteiger partial charge in [-0.25, -0.2) is 9.97 Å². The summed E-state index contributed by atoms with van der Waals surface area (Å²) in [5, 5.41) is 1.18. The van der Waals surface area contributed by atoms with E-state index in [9.17, 15) is 0 Å². The molecule has 1 saturated heterocycles. The van der Waals surface area contributed by atoms with Crippen molar-refractivity contribution in [2.75, 3.05) is 43.6 Å². The number of ether oxygens (including phenoxy) is 1. The van der Waals surface area contributed by atoms with Gasteiger partial charge in [0.25, 0.3) is 0 Å². The Kier molecular flexibility index (Phi) is 5.43. The Labute approximate surface area is 185 Å². The lowest BCUT2D eigenvalue weighted by molar-refractivity contribution is 0.397. The van der Waals surface area contributed by atoms with E-state index < -0.39 is 0 Å². The van der Waals surface area contributed by atoms with Gasteiger partial charge in [-0.15, -0.1) is 0 Å². The summed E-state index contributed by atoms with van der Waals surface area (Å²) in [6, 6.07) is 15.1. The summed E-state index contributed by atoms with van der Waals surface area (Å²) < 4.78 is 5.62. The number of anilines is 2. The minimum Gasteiger partial charge on any atom is -0.496 e. The quantitative estimate of drug-likeness (QED) is 0.541. The van der Waals surface area contributed by atoms with Crippen molar-refractivity contribution >= 4 is 22.4 Å². The third-order valence-electron chi connectivity index (χ3n) is 6.91. The average molecular weight is 417 g/mol. The number of benzene rings is 2. The van der Waals surface area contributed by atoms with Crippen LogP contribution in [-0.4, -0.2) is 43.8 Å². The van der Waals surface area contributed by atoms with Crippen LogP contribution in [0, 0.1) is 0 Å². The largest absolute Gasteiger partial charge is 0.496 e. The van der Waals surface area contributed by atoms with Crippen LogP contribution in [0.2, 0.25) is 0 Å². The third-order valence-corrected chi connectivity index (χ3v) is 6.91. The van der Waals surface area contributed by atoms with Gasteiger partial charge in [-0.2, -0.15) is 0 Å². The van der Waals surface area contributed by atoms with Gasteiger partial charge in [0.15, 0.2) is 0 Å². The summed E-state index contributed by atoms with van der Waals surface area (Å²) in [5.74, 6) is 4.25. The van der Waals surface area contributed by atoms with Crippen LogP contribution >= 0.6 is 0 Å². The maximum atomic E-state index is 5.62. The lowest BCUT2D eigenvalue weighted by atomic mass is 9.88. The molecule has 2 heterocycles. The molecule has 5 nitrogen and oxygen atoms in total. The maximum Gasteiger partial charge on any atom is 0.140 e. The summed E-state index contributed by atoms with van der Waals surface area (Å²) in [5.41, 5.74) is 3.64.